The Morgan fingerprint density at radius 2 is 1.85 bits per heavy atom. The molecule has 3 rings (SSSR count). The number of amides is 1. The third-order valence-electron chi connectivity index (χ3n) is 4.82. The summed E-state index contributed by atoms with van der Waals surface area (Å²) in [5.74, 6) is 0.688. The average molecular weight is 517 g/mol. The van der Waals surface area contributed by atoms with Gasteiger partial charge in [0.25, 0.3) is 5.91 Å². The van der Waals surface area contributed by atoms with Crippen LogP contribution in [0.4, 0.5) is 5.69 Å². The average Bonchev–Trinajstić information content (AvgIpc) is 2.84. The number of carbonyl (C=O) groups is 1. The Morgan fingerprint density at radius 1 is 1.12 bits per heavy atom. The summed E-state index contributed by atoms with van der Waals surface area (Å²) in [6, 6.07) is 22.7. The van der Waals surface area contributed by atoms with E-state index in [2.05, 4.69) is 27.8 Å². The van der Waals surface area contributed by atoms with Gasteiger partial charge in [-0.2, -0.15) is 5.26 Å². The number of hydrogen-bond acceptors (Lipinski definition) is 4. The number of benzene rings is 3. The molecule has 1 N–H and O–H groups in total. The van der Waals surface area contributed by atoms with Crippen LogP contribution in [0.5, 0.6) is 11.5 Å². The van der Waals surface area contributed by atoms with Crippen molar-refractivity contribution >= 4 is 33.6 Å². The third kappa shape index (κ3) is 6.84. The molecule has 3 aromatic rings. The van der Waals surface area contributed by atoms with Crippen molar-refractivity contribution in [2.75, 3.05) is 11.9 Å². The second-order valence-electron chi connectivity index (χ2n) is 7.34. The number of halogens is 1. The Morgan fingerprint density at radius 3 is 2.50 bits per heavy atom. The van der Waals surface area contributed by atoms with Gasteiger partial charge in [0.2, 0.25) is 0 Å². The number of rotatable bonds is 10. The van der Waals surface area contributed by atoms with E-state index in [1.54, 1.807) is 30.4 Å². The minimum Gasteiger partial charge on any atom is -0.490 e. The van der Waals surface area contributed by atoms with Crippen molar-refractivity contribution in [2.24, 2.45) is 0 Å². The molecule has 3 aromatic carbocycles. The van der Waals surface area contributed by atoms with Crippen molar-refractivity contribution in [1.29, 1.82) is 5.26 Å². The molecule has 6 heteroatoms. The molecule has 0 bridgehead atoms. The van der Waals surface area contributed by atoms with Crippen LogP contribution in [0.3, 0.4) is 0 Å². The summed E-state index contributed by atoms with van der Waals surface area (Å²) in [5, 5.41) is 12.4. The van der Waals surface area contributed by atoms with E-state index in [0.29, 0.717) is 42.4 Å². The highest BCUT2D eigenvalue weighted by Gasteiger charge is 2.15. The van der Waals surface area contributed by atoms with Gasteiger partial charge in [-0.1, -0.05) is 52.3 Å². The van der Waals surface area contributed by atoms with E-state index in [1.165, 1.54) is 0 Å². The number of allylic oxidation sites excluding steroid dienone is 1. The molecule has 0 saturated heterocycles. The molecule has 172 valence electrons. The Kier molecular flexibility index (Phi) is 9.07. The number of nitriles is 1. The molecule has 0 radical (unpaired) electrons. The van der Waals surface area contributed by atoms with E-state index in [-0.39, 0.29) is 5.57 Å². The minimum atomic E-state index is -0.488. The lowest BCUT2D eigenvalue weighted by atomic mass is 10.0. The SMILES string of the molecule is C=CCc1cc(/C=C(/C#N)C(=O)Nc2ccc(Br)cc2)cc(OCC)c1OCc1ccccc1. The first-order valence-corrected chi connectivity index (χ1v) is 11.6. The van der Waals surface area contributed by atoms with Gasteiger partial charge in [0.15, 0.2) is 11.5 Å². The number of nitrogens with zero attached hydrogens (tertiary/aromatic N) is 1. The fraction of sp³-hybridized carbons (Fsp3) is 0.143. The van der Waals surface area contributed by atoms with E-state index in [9.17, 15) is 10.1 Å². The Labute approximate surface area is 208 Å². The van der Waals surface area contributed by atoms with Gasteiger partial charge in [-0.05, 0) is 66.9 Å². The predicted molar refractivity (Wildman–Crippen MR) is 139 cm³/mol. The molecular weight excluding hydrogens is 492 g/mol. The van der Waals surface area contributed by atoms with Crippen molar-refractivity contribution in [3.05, 3.63) is 106 Å². The molecule has 0 unspecified atom stereocenters. The maximum atomic E-state index is 12.7. The zero-order valence-corrected chi connectivity index (χ0v) is 20.5. The number of ether oxygens (including phenoxy) is 2. The van der Waals surface area contributed by atoms with Crippen molar-refractivity contribution < 1.29 is 14.3 Å². The van der Waals surface area contributed by atoms with Crippen LogP contribution in [0.15, 0.2) is 89.4 Å². The lowest BCUT2D eigenvalue weighted by Crippen LogP contribution is -2.13. The highest BCUT2D eigenvalue weighted by atomic mass is 79.9. The van der Waals surface area contributed by atoms with E-state index in [4.69, 9.17) is 9.47 Å². The van der Waals surface area contributed by atoms with Gasteiger partial charge in [-0.15, -0.1) is 6.58 Å². The van der Waals surface area contributed by atoms with Crippen LogP contribution < -0.4 is 14.8 Å². The molecule has 0 aromatic heterocycles. The maximum absolute atomic E-state index is 12.7. The van der Waals surface area contributed by atoms with Crippen molar-refractivity contribution in [1.82, 2.24) is 0 Å². The van der Waals surface area contributed by atoms with Crippen molar-refractivity contribution in [3.63, 3.8) is 0 Å². The van der Waals surface area contributed by atoms with Crippen LogP contribution in [0.25, 0.3) is 6.08 Å². The second kappa shape index (κ2) is 12.4. The van der Waals surface area contributed by atoms with Gasteiger partial charge in [-0.3, -0.25) is 4.79 Å². The van der Waals surface area contributed by atoms with Crippen LogP contribution in [0.2, 0.25) is 0 Å². The van der Waals surface area contributed by atoms with Gasteiger partial charge >= 0.3 is 0 Å². The quantitative estimate of drug-likeness (QED) is 0.185. The Balaban J connectivity index is 1.92. The summed E-state index contributed by atoms with van der Waals surface area (Å²) in [6.07, 6.45) is 3.86. The lowest BCUT2D eigenvalue weighted by molar-refractivity contribution is -0.112. The monoisotopic (exact) mass is 516 g/mol. The number of hydrogen-bond donors (Lipinski definition) is 1. The molecule has 1 amide bonds. The van der Waals surface area contributed by atoms with E-state index in [0.717, 1.165) is 15.6 Å². The maximum Gasteiger partial charge on any atom is 0.266 e. The van der Waals surface area contributed by atoms with Crippen molar-refractivity contribution in [3.8, 4) is 17.6 Å². The summed E-state index contributed by atoms with van der Waals surface area (Å²) in [6.45, 7) is 6.57. The van der Waals surface area contributed by atoms with Gasteiger partial charge in [-0.25, -0.2) is 0 Å². The number of carbonyl (C=O) groups excluding carboxylic acids is 1. The smallest absolute Gasteiger partial charge is 0.266 e. The lowest BCUT2D eigenvalue weighted by Gasteiger charge is -2.17. The van der Waals surface area contributed by atoms with Crippen LogP contribution in [-0.4, -0.2) is 12.5 Å². The standard InChI is InChI=1S/C28H25BrN2O3/c1-3-8-22-15-21(16-23(18-30)28(32)31-25-13-11-24(29)12-14-25)17-26(33-4-2)27(22)34-19-20-9-6-5-7-10-20/h3,5-7,9-17H,1,4,8,19H2,2H3,(H,31,32)/b23-16-. The molecule has 5 nitrogen and oxygen atoms in total. The molecule has 0 atom stereocenters. The van der Waals surface area contributed by atoms with Crippen molar-refractivity contribution in [2.45, 2.75) is 20.0 Å². The first-order chi connectivity index (χ1) is 16.5. The highest BCUT2D eigenvalue weighted by molar-refractivity contribution is 9.10. The highest BCUT2D eigenvalue weighted by Crippen LogP contribution is 2.35. The van der Waals surface area contributed by atoms with Crippen LogP contribution in [0.1, 0.15) is 23.6 Å². The first kappa shape index (κ1) is 24.8. The summed E-state index contributed by atoms with van der Waals surface area (Å²) < 4.78 is 12.9. The molecule has 0 saturated carbocycles. The van der Waals surface area contributed by atoms with Crippen LogP contribution in [0, 0.1) is 11.3 Å². The molecule has 0 spiro atoms. The van der Waals surface area contributed by atoms with Gasteiger partial charge in [0, 0.05) is 15.7 Å². The summed E-state index contributed by atoms with van der Waals surface area (Å²) in [5.41, 5.74) is 3.13. The zero-order valence-electron chi connectivity index (χ0n) is 18.9. The normalized spacial score (nSPS) is 10.8. The fourth-order valence-corrected chi connectivity index (χ4v) is 3.54. The number of nitrogens with one attached hydrogen (secondary N) is 1. The minimum absolute atomic E-state index is 0.0205. The Hall–Kier alpha value is -3.82. The van der Waals surface area contributed by atoms with Crippen LogP contribution in [-0.2, 0) is 17.8 Å². The predicted octanol–water partition coefficient (Wildman–Crippen LogP) is 6.70. The summed E-state index contributed by atoms with van der Waals surface area (Å²) in [7, 11) is 0. The van der Waals surface area contributed by atoms with Gasteiger partial charge in [0.05, 0.1) is 6.61 Å². The largest absolute Gasteiger partial charge is 0.490 e. The molecule has 0 fully saturated rings. The fourth-order valence-electron chi connectivity index (χ4n) is 3.28. The molecule has 0 aliphatic carbocycles. The molecule has 0 heterocycles. The topological polar surface area (TPSA) is 71.4 Å². The number of anilines is 1. The van der Waals surface area contributed by atoms with Crippen LogP contribution >= 0.6 is 15.9 Å². The molecule has 0 aliphatic rings. The Bertz CT molecular complexity index is 1210. The first-order valence-electron chi connectivity index (χ1n) is 10.8. The molecule has 34 heavy (non-hydrogen) atoms. The summed E-state index contributed by atoms with van der Waals surface area (Å²) >= 11 is 3.36. The van der Waals surface area contributed by atoms with E-state index < -0.39 is 5.91 Å². The van der Waals surface area contributed by atoms with E-state index in [1.807, 2.05) is 61.5 Å². The second-order valence-corrected chi connectivity index (χ2v) is 8.25. The molecule has 0 aliphatic heterocycles. The third-order valence-corrected chi connectivity index (χ3v) is 5.35. The van der Waals surface area contributed by atoms with Gasteiger partial charge in [0.1, 0.15) is 18.2 Å². The summed E-state index contributed by atoms with van der Waals surface area (Å²) in [4.78, 5) is 12.7. The molecular formula is C28H25BrN2O3. The van der Waals surface area contributed by atoms with E-state index >= 15 is 0 Å². The zero-order chi connectivity index (χ0) is 24.3. The van der Waals surface area contributed by atoms with Gasteiger partial charge < -0.3 is 14.8 Å².